The van der Waals surface area contributed by atoms with E-state index in [0.29, 0.717) is 5.92 Å². The molecule has 0 amide bonds. The second-order valence-corrected chi connectivity index (χ2v) is 6.92. The zero-order valence-corrected chi connectivity index (χ0v) is 21.2. The first-order valence-corrected chi connectivity index (χ1v) is 10.6. The molecule has 0 spiro atoms. The van der Waals surface area contributed by atoms with Crippen LogP contribution in [-0.4, -0.2) is 12.1 Å². The maximum Gasteiger partial charge on any atom is 2.00 e. The molecule has 1 aliphatic carbocycles. The first-order valence-electron chi connectivity index (χ1n) is 10.6. The molecule has 1 unspecified atom stereocenters. The maximum atomic E-state index is 11.1. The minimum absolute atomic E-state index is 0. The summed E-state index contributed by atoms with van der Waals surface area (Å²) in [6.07, 6.45) is 27.7. The summed E-state index contributed by atoms with van der Waals surface area (Å²) in [5.74, 6) is 0.288. The van der Waals surface area contributed by atoms with Crippen LogP contribution in [0.15, 0.2) is 0 Å². The third-order valence-electron chi connectivity index (χ3n) is 4.56. The van der Waals surface area contributed by atoms with Crippen molar-refractivity contribution in [3.63, 3.8) is 0 Å². The Labute approximate surface area is 200 Å². The van der Waals surface area contributed by atoms with Gasteiger partial charge in [0.25, 0.3) is 0 Å². The average Bonchev–Trinajstić information content (AvgIpc) is 3.43. The smallest absolute Gasteiger partial charge is 0.462 e. The normalized spacial score (nSPS) is 17.1. The molecule has 1 aliphatic heterocycles. The quantitative estimate of drug-likeness (QED) is 0.119. The molecule has 0 aromatic rings. The van der Waals surface area contributed by atoms with Crippen LogP contribution in [0.3, 0.4) is 0 Å². The summed E-state index contributed by atoms with van der Waals surface area (Å²) in [4.78, 5) is 11.1. The monoisotopic (exact) mass is 584 g/mol. The van der Waals surface area contributed by atoms with Crippen LogP contribution in [0.1, 0.15) is 84.0 Å². The summed E-state index contributed by atoms with van der Waals surface area (Å²) in [5.41, 5.74) is 0. The zero-order chi connectivity index (χ0) is 22.2. The van der Waals surface area contributed by atoms with Gasteiger partial charge in [-0.2, -0.15) is 0 Å². The Morgan fingerprint density at radius 2 is 1.17 bits per heavy atom. The topological polar surface area (TPSA) is 66.1 Å². The van der Waals surface area contributed by atoms with Crippen molar-refractivity contribution >= 4 is 5.97 Å². The van der Waals surface area contributed by atoms with E-state index in [1.165, 1.54) is 64.2 Å². The van der Waals surface area contributed by atoms with Gasteiger partial charge in [-0.3, -0.25) is 4.79 Å². The van der Waals surface area contributed by atoms with E-state index in [1.807, 2.05) is 38.5 Å². The average molecular weight is 584 g/mol. The van der Waals surface area contributed by atoms with E-state index in [4.69, 9.17) is 14.0 Å². The van der Waals surface area contributed by atoms with Gasteiger partial charge in [0.05, 0.1) is 5.92 Å². The maximum absolute atomic E-state index is 11.1. The number of cyclic esters (lactones) is 1. The zero-order valence-electron chi connectivity index (χ0n) is 18.3. The van der Waals surface area contributed by atoms with Gasteiger partial charge in [-0.15, -0.1) is 0 Å². The van der Waals surface area contributed by atoms with Gasteiger partial charge >= 0.3 is 49.6 Å². The van der Waals surface area contributed by atoms with E-state index >= 15 is 0 Å². The van der Waals surface area contributed by atoms with Crippen molar-refractivity contribution in [3.8, 4) is 0 Å². The molecule has 1 saturated carbocycles. The summed E-state index contributed by atoms with van der Waals surface area (Å²) in [5, 5.41) is 0. The van der Waals surface area contributed by atoms with E-state index in [2.05, 4.69) is 27.1 Å². The van der Waals surface area contributed by atoms with Gasteiger partial charge in [-0.05, 0) is 51.9 Å². The summed E-state index contributed by atoms with van der Waals surface area (Å²) in [6.45, 7) is 14.9. The number of esters is 1. The molecule has 0 aromatic carbocycles. The van der Waals surface area contributed by atoms with Crippen LogP contribution < -0.4 is 0 Å². The molecule has 5 heteroatoms. The summed E-state index contributed by atoms with van der Waals surface area (Å²) in [6, 6.07) is 0. The van der Waals surface area contributed by atoms with Gasteiger partial charge in [0.2, 0.25) is 0 Å². The minimum atomic E-state index is -0.238. The van der Waals surface area contributed by atoms with Crippen molar-refractivity contribution in [2.24, 2.45) is 0 Å². The molecule has 8 radical (unpaired) electrons. The van der Waals surface area contributed by atoms with Crippen molar-refractivity contribution < 1.29 is 39.9 Å². The Morgan fingerprint density at radius 3 is 1.50 bits per heavy atom. The Bertz CT molecular complexity index is 377. The fraction of sp³-hybridized carbons (Fsp3) is 0.560. The molecule has 0 aromatic heterocycles. The number of unbranched alkanes of at least 4 members (excludes halogenated alkanes) is 10. The molecular weight excluding hydrogens is 548 g/mol. The predicted octanol–water partition coefficient (Wildman–Crippen LogP) is 6.17. The predicted molar refractivity (Wildman–Crippen MR) is 113 cm³/mol. The van der Waals surface area contributed by atoms with Gasteiger partial charge in [-0.1, -0.05) is 71.1 Å². The van der Waals surface area contributed by atoms with Crippen molar-refractivity contribution in [2.75, 3.05) is 0 Å². The number of carbonyl (C=O) groups excluding carboxylic acids is 1. The van der Waals surface area contributed by atoms with Gasteiger partial charge in [0.15, 0.2) is 0 Å². The Balaban J connectivity index is -0.000000613. The van der Waals surface area contributed by atoms with Gasteiger partial charge in [-0.25, -0.2) is 0 Å². The Kier molecular flexibility index (Phi) is 32.7. The van der Waals surface area contributed by atoms with E-state index in [-0.39, 0.29) is 33.1 Å². The molecule has 0 N–H and O–H groups in total. The molecule has 0 bridgehead atoms. The molecule has 1 atom stereocenters. The van der Waals surface area contributed by atoms with Crippen LogP contribution in [0, 0.1) is 64.7 Å². The van der Waals surface area contributed by atoms with Crippen LogP contribution in [0.2, 0.25) is 0 Å². The largest absolute Gasteiger partial charge is 2.00 e. The number of hydrogen-bond donors (Lipinski definition) is 0. The summed E-state index contributed by atoms with van der Waals surface area (Å²) < 4.78 is 20.2. The SMILES string of the molecule is [C-]#[O+].[C-]#[O+].[CH2][C]1[CH]C(CCCCCCCCCCCCC)OC1=O.[CH]1[CH][CH][CH][CH]1.[W+2]. The fourth-order valence-corrected chi connectivity index (χ4v) is 3.01. The van der Waals surface area contributed by atoms with Crippen molar-refractivity contribution in [2.45, 2.75) is 90.1 Å². The summed E-state index contributed by atoms with van der Waals surface area (Å²) in [7, 11) is 0. The van der Waals surface area contributed by atoms with Crippen molar-refractivity contribution in [1.82, 2.24) is 0 Å². The first-order chi connectivity index (χ1) is 14.2. The minimum Gasteiger partial charge on any atom is -0.462 e. The van der Waals surface area contributed by atoms with Gasteiger partial charge in [0, 0.05) is 6.42 Å². The molecule has 2 aliphatic rings. The summed E-state index contributed by atoms with van der Waals surface area (Å²) >= 11 is 0. The van der Waals surface area contributed by atoms with Crippen LogP contribution in [0.25, 0.3) is 0 Å². The Hall–Kier alpha value is -0.362. The van der Waals surface area contributed by atoms with E-state index in [0.717, 1.165) is 12.8 Å². The molecule has 164 valence electrons. The third kappa shape index (κ3) is 22.3. The van der Waals surface area contributed by atoms with E-state index in [9.17, 15) is 4.79 Å². The van der Waals surface area contributed by atoms with Crippen molar-refractivity contribution in [3.05, 3.63) is 64.7 Å². The molecule has 1 heterocycles. The van der Waals surface area contributed by atoms with Crippen LogP contribution >= 0.6 is 0 Å². The van der Waals surface area contributed by atoms with Crippen molar-refractivity contribution in [1.29, 1.82) is 0 Å². The van der Waals surface area contributed by atoms with E-state index < -0.39 is 0 Å². The van der Waals surface area contributed by atoms with Gasteiger partial charge < -0.3 is 4.74 Å². The number of carbonyl (C=O) groups is 1. The fourth-order valence-electron chi connectivity index (χ4n) is 3.01. The molecule has 1 saturated heterocycles. The molecule has 2 fully saturated rings. The number of hydrogen-bond acceptors (Lipinski definition) is 2. The molecular formula is C25H36O4W+2. The first kappa shape index (κ1) is 34.3. The van der Waals surface area contributed by atoms with Crippen LogP contribution in [0.5, 0.6) is 0 Å². The standard InChI is InChI=1S/C18H31O2.C5H5.2CO.W/c1-3-4-5-6-7-8-9-10-11-12-13-14-17-15-16(2)18(19)20-17;1-2-4-5-3-1;2*1-2;/h15,17H,2-14H2,1H3;1-5H;;;/q;;;;+2. The second kappa shape index (κ2) is 28.6. The molecule has 2 rings (SSSR count). The molecule has 30 heavy (non-hydrogen) atoms. The number of ether oxygens (including phenoxy) is 1. The second-order valence-electron chi connectivity index (χ2n) is 6.92. The Morgan fingerprint density at radius 1 is 0.800 bits per heavy atom. The third-order valence-corrected chi connectivity index (χ3v) is 4.56. The van der Waals surface area contributed by atoms with Crippen LogP contribution in [0.4, 0.5) is 0 Å². The van der Waals surface area contributed by atoms with Gasteiger partial charge in [0.1, 0.15) is 6.10 Å². The number of rotatable bonds is 12. The van der Waals surface area contributed by atoms with Crippen LogP contribution in [-0.2, 0) is 39.9 Å². The molecule has 4 nitrogen and oxygen atoms in total. The van der Waals surface area contributed by atoms with E-state index in [1.54, 1.807) is 0 Å².